The molecule has 3 rings (SSSR count). The normalized spacial score (nSPS) is 10.8. The van der Waals surface area contributed by atoms with Gasteiger partial charge < -0.3 is 14.5 Å². The number of halogens is 1. The van der Waals surface area contributed by atoms with Gasteiger partial charge in [0.25, 0.3) is 0 Å². The Balaban J connectivity index is 1.59. The van der Waals surface area contributed by atoms with E-state index in [1.165, 1.54) is 11.8 Å². The molecular formula is C17H18ClN5OS. The molecule has 1 N–H and O–H groups in total. The minimum Gasteiger partial charge on any atom is -0.354 e. The molecule has 0 spiro atoms. The first-order chi connectivity index (χ1) is 12.0. The number of benzene rings is 1. The van der Waals surface area contributed by atoms with Gasteiger partial charge in [-0.3, -0.25) is 4.79 Å². The zero-order valence-corrected chi connectivity index (χ0v) is 15.5. The maximum absolute atomic E-state index is 12.1. The van der Waals surface area contributed by atoms with Crippen LogP contribution < -0.4 is 5.32 Å². The van der Waals surface area contributed by atoms with E-state index in [0.717, 1.165) is 11.5 Å². The number of amides is 1. The number of para-hydroxylation sites is 1. The van der Waals surface area contributed by atoms with E-state index in [9.17, 15) is 4.79 Å². The lowest BCUT2D eigenvalue weighted by atomic mass is 10.3. The second-order valence-corrected chi connectivity index (χ2v) is 6.91. The molecule has 2 aromatic heterocycles. The number of aryl methyl sites for hydroxylation is 1. The van der Waals surface area contributed by atoms with E-state index >= 15 is 0 Å². The van der Waals surface area contributed by atoms with Gasteiger partial charge in [0.05, 0.1) is 16.5 Å². The van der Waals surface area contributed by atoms with E-state index < -0.39 is 0 Å². The van der Waals surface area contributed by atoms with Crippen molar-refractivity contribution in [2.24, 2.45) is 14.1 Å². The molecule has 1 aromatic carbocycles. The van der Waals surface area contributed by atoms with Gasteiger partial charge in [-0.1, -0.05) is 35.5 Å². The number of carbonyl (C=O) groups is 1. The minimum atomic E-state index is -0.134. The van der Waals surface area contributed by atoms with Crippen molar-refractivity contribution >= 4 is 35.0 Å². The number of hydrogen-bond donors (Lipinski definition) is 1. The van der Waals surface area contributed by atoms with Gasteiger partial charge in [-0.25, -0.2) is 0 Å². The van der Waals surface area contributed by atoms with Crippen molar-refractivity contribution in [3.63, 3.8) is 0 Å². The van der Waals surface area contributed by atoms with Crippen LogP contribution in [0.1, 0.15) is 11.5 Å². The molecule has 8 heteroatoms. The topological polar surface area (TPSA) is 64.7 Å². The Labute approximate surface area is 155 Å². The van der Waals surface area contributed by atoms with Crippen molar-refractivity contribution < 1.29 is 4.79 Å². The molecule has 0 aliphatic heterocycles. The average Bonchev–Trinajstić information content (AvgIpc) is 3.15. The van der Waals surface area contributed by atoms with Crippen molar-refractivity contribution in [3.8, 4) is 0 Å². The van der Waals surface area contributed by atoms with Gasteiger partial charge in [0.1, 0.15) is 5.82 Å². The molecule has 0 radical (unpaired) electrons. The summed E-state index contributed by atoms with van der Waals surface area (Å²) in [7, 11) is 3.91. The van der Waals surface area contributed by atoms with Crippen LogP contribution in [0.25, 0.3) is 0 Å². The second-order valence-electron chi connectivity index (χ2n) is 5.56. The minimum absolute atomic E-state index is 0.134. The van der Waals surface area contributed by atoms with Crippen LogP contribution in [0.15, 0.2) is 47.8 Å². The molecule has 0 saturated heterocycles. The summed E-state index contributed by atoms with van der Waals surface area (Å²) in [5, 5.41) is 12.4. The number of aromatic nitrogens is 4. The van der Waals surface area contributed by atoms with Gasteiger partial charge in [0, 0.05) is 32.4 Å². The predicted octanol–water partition coefficient (Wildman–Crippen LogP) is 3.13. The fourth-order valence-corrected chi connectivity index (χ4v) is 3.26. The highest BCUT2D eigenvalue weighted by Gasteiger charge is 2.13. The molecule has 2 heterocycles. The Morgan fingerprint density at radius 2 is 2.00 bits per heavy atom. The van der Waals surface area contributed by atoms with Crippen molar-refractivity contribution in [2.75, 3.05) is 11.1 Å². The van der Waals surface area contributed by atoms with Gasteiger partial charge in [-0.15, -0.1) is 10.2 Å². The molecule has 6 nitrogen and oxygen atoms in total. The van der Waals surface area contributed by atoms with Crippen LogP contribution in [0.2, 0.25) is 5.02 Å². The largest absolute Gasteiger partial charge is 0.354 e. The third kappa shape index (κ3) is 4.24. The summed E-state index contributed by atoms with van der Waals surface area (Å²) < 4.78 is 3.97. The molecule has 1 amide bonds. The quantitative estimate of drug-likeness (QED) is 0.672. The van der Waals surface area contributed by atoms with Crippen LogP contribution in [0.4, 0.5) is 5.69 Å². The summed E-state index contributed by atoms with van der Waals surface area (Å²) >= 11 is 7.39. The monoisotopic (exact) mass is 375 g/mol. The molecule has 0 saturated carbocycles. The summed E-state index contributed by atoms with van der Waals surface area (Å²) in [6.07, 6.45) is 2.69. The second kappa shape index (κ2) is 7.76. The number of hydrogen-bond acceptors (Lipinski definition) is 4. The average molecular weight is 376 g/mol. The zero-order chi connectivity index (χ0) is 17.8. The number of carbonyl (C=O) groups excluding carboxylic acids is 1. The summed E-state index contributed by atoms with van der Waals surface area (Å²) in [6.45, 7) is 0. The number of anilines is 1. The number of thioether (sulfide) groups is 1. The van der Waals surface area contributed by atoms with Gasteiger partial charge >= 0.3 is 0 Å². The van der Waals surface area contributed by atoms with E-state index in [0.29, 0.717) is 22.3 Å². The number of rotatable bonds is 6. The van der Waals surface area contributed by atoms with Crippen LogP contribution in [-0.2, 0) is 25.3 Å². The van der Waals surface area contributed by atoms with E-state index in [2.05, 4.69) is 26.1 Å². The lowest BCUT2D eigenvalue weighted by Crippen LogP contribution is -2.14. The molecule has 130 valence electrons. The first-order valence-electron chi connectivity index (χ1n) is 7.70. The van der Waals surface area contributed by atoms with Crippen LogP contribution in [0, 0.1) is 0 Å². The Bertz CT molecular complexity index is 889. The third-order valence-corrected chi connectivity index (χ3v) is 5.15. The van der Waals surface area contributed by atoms with Crippen LogP contribution in [0.5, 0.6) is 0 Å². The van der Waals surface area contributed by atoms with Gasteiger partial charge in [0.15, 0.2) is 5.16 Å². The number of nitrogens with one attached hydrogen (secondary N) is 1. The van der Waals surface area contributed by atoms with Crippen molar-refractivity contribution in [2.45, 2.75) is 11.6 Å². The Morgan fingerprint density at radius 1 is 1.20 bits per heavy atom. The predicted molar refractivity (Wildman–Crippen MR) is 100 cm³/mol. The van der Waals surface area contributed by atoms with Crippen molar-refractivity contribution in [3.05, 3.63) is 59.1 Å². The summed E-state index contributed by atoms with van der Waals surface area (Å²) in [5.74, 6) is 0.961. The fraction of sp³-hybridized carbons (Fsp3) is 0.235. The maximum atomic E-state index is 12.1. The smallest absolute Gasteiger partial charge is 0.234 e. The Morgan fingerprint density at radius 3 is 2.72 bits per heavy atom. The highest BCUT2D eigenvalue weighted by Crippen LogP contribution is 2.22. The highest BCUT2D eigenvalue weighted by molar-refractivity contribution is 7.99. The molecule has 0 fully saturated rings. The maximum Gasteiger partial charge on any atom is 0.234 e. The fourth-order valence-electron chi connectivity index (χ4n) is 2.35. The molecule has 0 aliphatic rings. The molecule has 3 aromatic rings. The Kier molecular flexibility index (Phi) is 5.45. The third-order valence-electron chi connectivity index (χ3n) is 3.80. The molecule has 0 atom stereocenters. The first kappa shape index (κ1) is 17.6. The summed E-state index contributed by atoms with van der Waals surface area (Å²) in [5.41, 5.74) is 1.76. The molecule has 0 aliphatic carbocycles. The molecule has 0 bridgehead atoms. The highest BCUT2D eigenvalue weighted by atomic mass is 35.5. The molecule has 25 heavy (non-hydrogen) atoms. The van der Waals surface area contributed by atoms with Gasteiger partial charge in [0.2, 0.25) is 5.91 Å². The first-order valence-corrected chi connectivity index (χ1v) is 9.06. The molecule has 0 unspecified atom stereocenters. The SMILES string of the molecule is Cn1cccc1Cc1nnc(SCC(=O)Nc2ccccc2Cl)n1C. The van der Waals surface area contributed by atoms with Crippen molar-refractivity contribution in [1.29, 1.82) is 0 Å². The summed E-state index contributed by atoms with van der Waals surface area (Å²) in [4.78, 5) is 12.1. The zero-order valence-electron chi connectivity index (χ0n) is 13.9. The van der Waals surface area contributed by atoms with E-state index in [1.54, 1.807) is 12.1 Å². The van der Waals surface area contributed by atoms with E-state index in [-0.39, 0.29) is 11.7 Å². The lowest BCUT2D eigenvalue weighted by molar-refractivity contribution is -0.113. The van der Waals surface area contributed by atoms with Gasteiger partial charge in [-0.05, 0) is 24.3 Å². The van der Waals surface area contributed by atoms with Crippen LogP contribution in [0.3, 0.4) is 0 Å². The van der Waals surface area contributed by atoms with Crippen molar-refractivity contribution in [1.82, 2.24) is 19.3 Å². The van der Waals surface area contributed by atoms with Crippen LogP contribution >= 0.6 is 23.4 Å². The lowest BCUT2D eigenvalue weighted by Gasteiger charge is -2.07. The van der Waals surface area contributed by atoms with Crippen LogP contribution in [-0.4, -0.2) is 31.0 Å². The van der Waals surface area contributed by atoms with E-state index in [1.807, 2.05) is 43.1 Å². The summed E-state index contributed by atoms with van der Waals surface area (Å²) in [6, 6.07) is 11.2. The Hall–Kier alpha value is -2.25. The van der Waals surface area contributed by atoms with E-state index in [4.69, 9.17) is 11.6 Å². The van der Waals surface area contributed by atoms with Gasteiger partial charge in [-0.2, -0.15) is 0 Å². The molecular weight excluding hydrogens is 358 g/mol. The number of nitrogens with zero attached hydrogens (tertiary/aromatic N) is 4. The standard InChI is InChI=1S/C17H18ClN5OS/c1-22-9-5-6-12(22)10-15-20-21-17(23(15)2)25-11-16(24)19-14-8-4-3-7-13(14)18/h3-9H,10-11H2,1-2H3,(H,19,24).